The summed E-state index contributed by atoms with van der Waals surface area (Å²) in [5.41, 5.74) is 0. The molecular formula is C9H23NSi. The van der Waals surface area contributed by atoms with Crippen molar-refractivity contribution in [2.75, 3.05) is 13.1 Å². The number of nitrogens with zero attached hydrogens (tertiary/aromatic N) is 1. The van der Waals surface area contributed by atoms with Gasteiger partial charge in [0, 0.05) is 0 Å². The normalized spacial score (nSPS) is 12.0. The molecule has 0 aliphatic heterocycles. The van der Waals surface area contributed by atoms with E-state index in [9.17, 15) is 0 Å². The predicted molar refractivity (Wildman–Crippen MR) is 55.8 cm³/mol. The molecule has 1 nitrogen and oxygen atoms in total. The van der Waals surface area contributed by atoms with E-state index in [1.165, 1.54) is 38.4 Å². The van der Waals surface area contributed by atoms with Gasteiger partial charge in [-0.2, -0.15) is 0 Å². The molecule has 0 bridgehead atoms. The summed E-state index contributed by atoms with van der Waals surface area (Å²) in [5, 5.41) is 0. The minimum absolute atomic E-state index is 0.138. The zero-order chi connectivity index (χ0) is 8.53. The minimum Gasteiger partial charge on any atom is -0.329 e. The minimum atomic E-state index is 0.138. The predicted octanol–water partition coefficient (Wildman–Crippen LogP) is 2.02. The Labute approximate surface area is 74.1 Å². The first-order valence-corrected chi connectivity index (χ1v) is 6.70. The summed E-state index contributed by atoms with van der Waals surface area (Å²) in [7, 11) is 0.138. The molecule has 0 fully saturated rings. The largest absolute Gasteiger partial charge is 0.329 e. The van der Waals surface area contributed by atoms with Crippen LogP contribution in [-0.4, -0.2) is 27.3 Å². The number of hydrogen-bond acceptors (Lipinski definition) is 1. The third kappa shape index (κ3) is 6.57. The third-order valence-electron chi connectivity index (χ3n) is 2.10. The third-order valence-corrected chi connectivity index (χ3v) is 4.52. The molecule has 0 saturated carbocycles. The highest BCUT2D eigenvalue weighted by atomic mass is 28.2. The Hall–Kier alpha value is 0.177. The Morgan fingerprint density at radius 3 is 2.27 bits per heavy atom. The van der Waals surface area contributed by atoms with Crippen molar-refractivity contribution >= 4 is 9.68 Å². The Bertz CT molecular complexity index is 68.0. The summed E-state index contributed by atoms with van der Waals surface area (Å²) in [6.07, 6.45) is 4.12. The first-order valence-electron chi connectivity index (χ1n) is 5.07. The Morgan fingerprint density at radius 2 is 1.82 bits per heavy atom. The lowest BCUT2D eigenvalue weighted by molar-refractivity contribution is 0.450. The quantitative estimate of drug-likeness (QED) is 0.532. The van der Waals surface area contributed by atoms with Gasteiger partial charge in [0.1, 0.15) is 0 Å². The lowest BCUT2D eigenvalue weighted by Crippen LogP contribution is -2.28. The van der Waals surface area contributed by atoms with Crippen molar-refractivity contribution in [1.82, 2.24) is 4.57 Å². The van der Waals surface area contributed by atoms with E-state index < -0.39 is 0 Å². The molecule has 0 N–H and O–H groups in total. The van der Waals surface area contributed by atoms with Crippen LogP contribution in [0.5, 0.6) is 0 Å². The molecule has 0 aromatic rings. The van der Waals surface area contributed by atoms with E-state index >= 15 is 0 Å². The molecule has 0 unspecified atom stereocenters. The standard InChI is InChI=1S/C9H23NSi/c1-4-7-8-10(6-3)11-9-5-2/h4-9,11H2,1-3H3. The zero-order valence-electron chi connectivity index (χ0n) is 8.40. The fourth-order valence-corrected chi connectivity index (χ4v) is 2.72. The van der Waals surface area contributed by atoms with Crippen LogP contribution in [0.1, 0.15) is 40.0 Å². The van der Waals surface area contributed by atoms with Crippen LogP contribution in [0.15, 0.2) is 0 Å². The van der Waals surface area contributed by atoms with Crippen molar-refractivity contribution in [2.24, 2.45) is 0 Å². The smallest absolute Gasteiger partial charge is 0.0950 e. The Balaban J connectivity index is 3.25. The fourth-order valence-electron chi connectivity index (χ4n) is 1.19. The van der Waals surface area contributed by atoms with Gasteiger partial charge < -0.3 is 4.57 Å². The van der Waals surface area contributed by atoms with Gasteiger partial charge in [-0.3, -0.25) is 0 Å². The summed E-state index contributed by atoms with van der Waals surface area (Å²) in [5.74, 6) is 0. The molecule has 0 saturated heterocycles. The first-order chi connectivity index (χ1) is 5.35. The van der Waals surface area contributed by atoms with E-state index in [4.69, 9.17) is 0 Å². The average molecular weight is 173 g/mol. The van der Waals surface area contributed by atoms with E-state index in [-0.39, 0.29) is 9.68 Å². The van der Waals surface area contributed by atoms with Crippen LogP contribution < -0.4 is 0 Å². The van der Waals surface area contributed by atoms with Crippen LogP contribution in [0.3, 0.4) is 0 Å². The molecule has 68 valence electrons. The number of hydrogen-bond donors (Lipinski definition) is 0. The van der Waals surface area contributed by atoms with Gasteiger partial charge in [-0.15, -0.1) is 0 Å². The van der Waals surface area contributed by atoms with Crippen LogP contribution in [0.2, 0.25) is 6.04 Å². The van der Waals surface area contributed by atoms with Crippen LogP contribution >= 0.6 is 0 Å². The molecular weight excluding hydrogens is 150 g/mol. The monoisotopic (exact) mass is 173 g/mol. The van der Waals surface area contributed by atoms with Crippen molar-refractivity contribution in [3.05, 3.63) is 0 Å². The highest BCUT2D eigenvalue weighted by Crippen LogP contribution is 1.96. The molecule has 0 amide bonds. The molecule has 0 radical (unpaired) electrons. The average Bonchev–Trinajstić information content (AvgIpc) is 2.05. The second kappa shape index (κ2) is 8.28. The fraction of sp³-hybridized carbons (Fsp3) is 1.00. The Morgan fingerprint density at radius 1 is 1.09 bits per heavy atom. The molecule has 0 aliphatic rings. The van der Waals surface area contributed by atoms with Crippen molar-refractivity contribution in [1.29, 1.82) is 0 Å². The summed E-state index contributed by atoms with van der Waals surface area (Å²) in [6, 6.07) is 1.50. The van der Waals surface area contributed by atoms with Crippen LogP contribution in [-0.2, 0) is 0 Å². The van der Waals surface area contributed by atoms with Gasteiger partial charge in [0.25, 0.3) is 0 Å². The zero-order valence-corrected chi connectivity index (χ0v) is 9.81. The SMILES string of the molecule is CCCCN(CC)[SiH2]CCC. The van der Waals surface area contributed by atoms with Crippen molar-refractivity contribution in [2.45, 2.75) is 46.1 Å². The highest BCUT2D eigenvalue weighted by molar-refractivity contribution is 6.31. The summed E-state index contributed by atoms with van der Waals surface area (Å²) >= 11 is 0. The topological polar surface area (TPSA) is 3.24 Å². The summed E-state index contributed by atoms with van der Waals surface area (Å²) in [4.78, 5) is 0. The van der Waals surface area contributed by atoms with E-state index in [2.05, 4.69) is 25.3 Å². The summed E-state index contributed by atoms with van der Waals surface area (Å²) in [6.45, 7) is 9.50. The van der Waals surface area contributed by atoms with E-state index in [0.29, 0.717) is 0 Å². The second-order valence-corrected chi connectivity index (χ2v) is 5.19. The lowest BCUT2D eigenvalue weighted by atomic mass is 10.3. The van der Waals surface area contributed by atoms with E-state index in [1.54, 1.807) is 0 Å². The maximum Gasteiger partial charge on any atom is 0.0950 e. The lowest BCUT2D eigenvalue weighted by Gasteiger charge is -2.18. The van der Waals surface area contributed by atoms with Crippen molar-refractivity contribution in [3.63, 3.8) is 0 Å². The molecule has 0 atom stereocenters. The van der Waals surface area contributed by atoms with Crippen LogP contribution in [0.4, 0.5) is 0 Å². The van der Waals surface area contributed by atoms with Gasteiger partial charge in [0.2, 0.25) is 0 Å². The second-order valence-electron chi connectivity index (χ2n) is 3.14. The van der Waals surface area contributed by atoms with Gasteiger partial charge in [-0.05, 0) is 19.5 Å². The summed E-state index contributed by atoms with van der Waals surface area (Å²) < 4.78 is 2.69. The molecule has 0 spiro atoms. The molecule has 11 heavy (non-hydrogen) atoms. The maximum atomic E-state index is 2.69. The molecule has 2 heteroatoms. The molecule has 0 aliphatic carbocycles. The van der Waals surface area contributed by atoms with Gasteiger partial charge in [0.05, 0.1) is 9.68 Å². The van der Waals surface area contributed by atoms with E-state index in [0.717, 1.165) is 0 Å². The Kier molecular flexibility index (Phi) is 8.41. The van der Waals surface area contributed by atoms with Gasteiger partial charge in [-0.1, -0.05) is 39.7 Å². The molecule has 0 aromatic heterocycles. The maximum absolute atomic E-state index is 2.69. The van der Waals surface area contributed by atoms with Gasteiger partial charge >= 0.3 is 0 Å². The van der Waals surface area contributed by atoms with Crippen molar-refractivity contribution in [3.8, 4) is 0 Å². The molecule has 0 rings (SSSR count). The number of unbranched alkanes of at least 4 members (excludes halogenated alkanes) is 1. The van der Waals surface area contributed by atoms with Crippen LogP contribution in [0, 0.1) is 0 Å². The molecule has 0 aromatic carbocycles. The van der Waals surface area contributed by atoms with E-state index in [1.807, 2.05) is 0 Å². The van der Waals surface area contributed by atoms with Gasteiger partial charge in [-0.25, -0.2) is 0 Å². The van der Waals surface area contributed by atoms with Crippen LogP contribution in [0.25, 0.3) is 0 Å². The van der Waals surface area contributed by atoms with Crippen molar-refractivity contribution < 1.29 is 0 Å². The molecule has 0 heterocycles. The van der Waals surface area contributed by atoms with Gasteiger partial charge in [0.15, 0.2) is 0 Å². The first kappa shape index (κ1) is 11.2. The number of rotatable bonds is 7. The highest BCUT2D eigenvalue weighted by Gasteiger charge is 1.99.